The molecule has 17 heavy (non-hydrogen) atoms. The molecule has 0 spiro atoms. The summed E-state index contributed by atoms with van der Waals surface area (Å²) in [5.41, 5.74) is -0.900. The number of hydrogen-bond donors (Lipinski definition) is 1. The molecule has 2 atom stereocenters. The Kier molecular flexibility index (Phi) is 2.67. The number of nitro groups is 1. The zero-order valence-electron chi connectivity index (χ0n) is 9.28. The van der Waals surface area contributed by atoms with Gasteiger partial charge in [-0.2, -0.15) is 0 Å². The molecule has 5 heteroatoms. The van der Waals surface area contributed by atoms with Crippen molar-refractivity contribution in [1.82, 2.24) is 4.98 Å². The minimum atomic E-state index is -1.41. The van der Waals surface area contributed by atoms with Gasteiger partial charge < -0.3 is 5.11 Å². The van der Waals surface area contributed by atoms with Crippen LogP contribution in [0.15, 0.2) is 48.5 Å². The molecule has 1 heterocycles. The maximum Gasteiger partial charge on any atom is 0.275 e. The predicted molar refractivity (Wildman–Crippen MR) is 61.9 cm³/mol. The number of aliphatic hydroxyl groups is 1. The second kappa shape index (κ2) is 4.01. The molecule has 1 aromatic heterocycles. The Labute approximate surface area is 98.3 Å². The van der Waals surface area contributed by atoms with Crippen molar-refractivity contribution in [2.24, 2.45) is 5.92 Å². The molecule has 5 nitrogen and oxygen atoms in total. The van der Waals surface area contributed by atoms with Gasteiger partial charge in [-0.1, -0.05) is 6.08 Å². The van der Waals surface area contributed by atoms with Crippen LogP contribution in [0.5, 0.6) is 0 Å². The van der Waals surface area contributed by atoms with Crippen LogP contribution >= 0.6 is 0 Å². The Morgan fingerprint density at radius 1 is 1.47 bits per heavy atom. The van der Waals surface area contributed by atoms with E-state index in [1.54, 1.807) is 19.1 Å². The summed E-state index contributed by atoms with van der Waals surface area (Å²) >= 11 is 0. The van der Waals surface area contributed by atoms with Gasteiger partial charge in [0.1, 0.15) is 5.76 Å². The minimum absolute atomic E-state index is 0.0148. The van der Waals surface area contributed by atoms with E-state index in [1.807, 2.05) is 0 Å². The van der Waals surface area contributed by atoms with E-state index in [-0.39, 0.29) is 10.7 Å². The van der Waals surface area contributed by atoms with Crippen LogP contribution in [0.25, 0.3) is 0 Å². The monoisotopic (exact) mass is 232 g/mol. The topological polar surface area (TPSA) is 76.3 Å². The zero-order valence-corrected chi connectivity index (χ0v) is 9.28. The fourth-order valence-electron chi connectivity index (χ4n) is 2.10. The Morgan fingerprint density at radius 2 is 2.12 bits per heavy atom. The Morgan fingerprint density at radius 3 is 2.71 bits per heavy atom. The number of hydrogen-bond acceptors (Lipinski definition) is 4. The lowest BCUT2D eigenvalue weighted by Gasteiger charge is -2.30. The molecule has 1 aromatic rings. The summed E-state index contributed by atoms with van der Waals surface area (Å²) < 4.78 is 0. The van der Waals surface area contributed by atoms with Gasteiger partial charge in [0.15, 0.2) is 0 Å². The van der Waals surface area contributed by atoms with E-state index in [0.29, 0.717) is 5.56 Å². The molecule has 0 aromatic carbocycles. The summed E-state index contributed by atoms with van der Waals surface area (Å²) in [6.07, 6.45) is 7.52. The second-order valence-electron chi connectivity index (χ2n) is 3.99. The third-order valence-corrected chi connectivity index (χ3v) is 3.17. The fourth-order valence-corrected chi connectivity index (χ4v) is 2.10. The van der Waals surface area contributed by atoms with Crippen LogP contribution in [0.2, 0.25) is 0 Å². The summed E-state index contributed by atoms with van der Waals surface area (Å²) in [5, 5.41) is 21.1. The average Bonchev–Trinajstić information content (AvgIpc) is 2.33. The van der Waals surface area contributed by atoms with E-state index < -0.39 is 11.5 Å². The van der Waals surface area contributed by atoms with Crippen LogP contribution < -0.4 is 0 Å². The molecule has 0 aliphatic heterocycles. The molecule has 1 aliphatic carbocycles. The largest absolute Gasteiger partial charge is 0.512 e. The van der Waals surface area contributed by atoms with Crippen molar-refractivity contribution in [3.63, 3.8) is 0 Å². The Balaban J connectivity index is 2.60. The molecular formula is C12H12N2O3. The molecular weight excluding hydrogens is 220 g/mol. The minimum Gasteiger partial charge on any atom is -0.512 e. The van der Waals surface area contributed by atoms with Gasteiger partial charge in [0.25, 0.3) is 5.54 Å². The van der Waals surface area contributed by atoms with Crippen molar-refractivity contribution in [2.45, 2.75) is 12.5 Å². The summed E-state index contributed by atoms with van der Waals surface area (Å²) in [4.78, 5) is 14.9. The lowest BCUT2D eigenvalue weighted by Crippen LogP contribution is -2.42. The normalized spacial score (nSPS) is 27.6. The van der Waals surface area contributed by atoms with Crippen molar-refractivity contribution >= 4 is 0 Å². The van der Waals surface area contributed by atoms with Gasteiger partial charge in [-0.15, -0.1) is 0 Å². The zero-order chi connectivity index (χ0) is 12.5. The van der Waals surface area contributed by atoms with Crippen LogP contribution in [0.1, 0.15) is 12.5 Å². The van der Waals surface area contributed by atoms with Gasteiger partial charge in [-0.05, 0) is 31.2 Å². The maximum atomic E-state index is 11.4. The van der Waals surface area contributed by atoms with Crippen LogP contribution in [0.4, 0.5) is 0 Å². The van der Waals surface area contributed by atoms with Crippen molar-refractivity contribution in [2.75, 3.05) is 0 Å². The molecule has 0 radical (unpaired) electrons. The lowest BCUT2D eigenvalue weighted by atomic mass is 9.76. The highest BCUT2D eigenvalue weighted by atomic mass is 16.6. The van der Waals surface area contributed by atoms with Crippen LogP contribution in [0, 0.1) is 16.0 Å². The molecule has 2 unspecified atom stereocenters. The maximum absolute atomic E-state index is 11.4. The summed E-state index contributed by atoms with van der Waals surface area (Å²) in [5.74, 6) is -0.592. The Bertz CT molecular complexity index is 496. The molecule has 88 valence electrons. The predicted octanol–water partition coefficient (Wildman–Crippen LogP) is 2.20. The number of aliphatic hydroxyl groups excluding tert-OH is 1. The number of pyridine rings is 1. The smallest absolute Gasteiger partial charge is 0.275 e. The molecule has 0 saturated heterocycles. The molecule has 0 bridgehead atoms. The van der Waals surface area contributed by atoms with E-state index in [2.05, 4.69) is 4.98 Å². The van der Waals surface area contributed by atoms with Crippen LogP contribution in [0.3, 0.4) is 0 Å². The van der Waals surface area contributed by atoms with E-state index in [9.17, 15) is 15.2 Å². The number of allylic oxidation sites excluding steroid dienone is 2. The fraction of sp³-hybridized carbons (Fsp3) is 0.250. The summed E-state index contributed by atoms with van der Waals surface area (Å²) in [6.45, 7) is 1.64. The first-order valence-electron chi connectivity index (χ1n) is 5.22. The van der Waals surface area contributed by atoms with Gasteiger partial charge >= 0.3 is 0 Å². The number of aromatic nitrogens is 1. The third-order valence-electron chi connectivity index (χ3n) is 3.17. The highest BCUT2D eigenvalue weighted by Gasteiger charge is 2.50. The first kappa shape index (κ1) is 11.3. The van der Waals surface area contributed by atoms with Crippen molar-refractivity contribution in [1.29, 1.82) is 0 Å². The SMILES string of the molecule is CC1C(O)=CC=CC1(c1ccncc1)[N+](=O)[O-]. The number of nitrogens with zero attached hydrogens (tertiary/aromatic N) is 2. The van der Waals surface area contributed by atoms with Gasteiger partial charge in [0.05, 0.1) is 5.92 Å². The molecule has 0 fully saturated rings. The van der Waals surface area contributed by atoms with Gasteiger partial charge in [-0.25, -0.2) is 0 Å². The summed E-state index contributed by atoms with van der Waals surface area (Å²) in [6, 6.07) is 3.20. The molecule has 1 aliphatic rings. The third kappa shape index (κ3) is 1.60. The molecule has 2 rings (SSSR count). The lowest BCUT2D eigenvalue weighted by molar-refractivity contribution is -0.573. The van der Waals surface area contributed by atoms with Crippen molar-refractivity contribution in [3.05, 3.63) is 64.2 Å². The van der Waals surface area contributed by atoms with Gasteiger partial charge in [-0.3, -0.25) is 15.1 Å². The second-order valence-corrected chi connectivity index (χ2v) is 3.99. The van der Waals surface area contributed by atoms with Crippen molar-refractivity contribution in [3.8, 4) is 0 Å². The van der Waals surface area contributed by atoms with Crippen molar-refractivity contribution < 1.29 is 10.0 Å². The molecule has 1 N–H and O–H groups in total. The van der Waals surface area contributed by atoms with E-state index >= 15 is 0 Å². The van der Waals surface area contributed by atoms with Gasteiger partial charge in [0, 0.05) is 22.9 Å². The van der Waals surface area contributed by atoms with E-state index in [1.165, 1.54) is 30.6 Å². The molecule has 0 amide bonds. The standard InChI is InChI=1S/C12H12N2O3/c1-9-11(15)3-2-6-12(9,14(16)17)10-4-7-13-8-5-10/h2-9,15H,1H3. The first-order chi connectivity index (χ1) is 8.09. The number of rotatable bonds is 2. The first-order valence-corrected chi connectivity index (χ1v) is 5.22. The van der Waals surface area contributed by atoms with E-state index in [4.69, 9.17) is 0 Å². The quantitative estimate of drug-likeness (QED) is 0.626. The average molecular weight is 232 g/mol. The highest BCUT2D eigenvalue weighted by Crippen LogP contribution is 2.39. The summed E-state index contributed by atoms with van der Waals surface area (Å²) in [7, 11) is 0. The van der Waals surface area contributed by atoms with Crippen LogP contribution in [-0.4, -0.2) is 15.0 Å². The Hall–Kier alpha value is -2.17. The highest BCUT2D eigenvalue weighted by molar-refractivity contribution is 5.34. The van der Waals surface area contributed by atoms with Gasteiger partial charge in [0.2, 0.25) is 0 Å². The van der Waals surface area contributed by atoms with Crippen LogP contribution in [-0.2, 0) is 5.54 Å². The van der Waals surface area contributed by atoms with E-state index in [0.717, 1.165) is 0 Å². The molecule has 0 saturated carbocycles.